The van der Waals surface area contributed by atoms with Crippen LogP contribution in [-0.2, 0) is 10.8 Å². The average molecular weight is 1790 g/mol. The molecule has 2 nitrogen and oxygen atoms in total. The van der Waals surface area contributed by atoms with E-state index in [0.29, 0.717) is 0 Å². The third kappa shape index (κ3) is 16.0. The molecule has 0 unspecified atom stereocenters. The first kappa shape index (κ1) is 85.6. The number of fused-ring (bicyclic) bond motifs is 10. The summed E-state index contributed by atoms with van der Waals surface area (Å²) in [4.78, 5) is 0. The van der Waals surface area contributed by atoms with Crippen molar-refractivity contribution in [3.05, 3.63) is 521 Å². The van der Waals surface area contributed by atoms with E-state index in [0.717, 1.165) is 0 Å². The Kier molecular flexibility index (Phi) is 21.9. The number of nitrogens with zero attached hydrogens (tertiary/aromatic N) is 2. The fraction of sp³-hybridized carbons (Fsp3) is 0.0580. The van der Waals surface area contributed by atoms with Gasteiger partial charge in [0.05, 0.1) is 22.1 Å². The van der Waals surface area contributed by atoms with E-state index in [-0.39, 0.29) is 10.8 Å². The van der Waals surface area contributed by atoms with Crippen LogP contribution >= 0.6 is 0 Å². The van der Waals surface area contributed by atoms with E-state index in [9.17, 15) is 0 Å². The smallest absolute Gasteiger partial charge is 0.0541 e. The summed E-state index contributed by atoms with van der Waals surface area (Å²) in [7, 11) is 0. The highest BCUT2D eigenvalue weighted by Crippen LogP contribution is 2.51. The summed E-state index contributed by atoms with van der Waals surface area (Å²) < 4.78 is 4.81. The van der Waals surface area contributed by atoms with Crippen molar-refractivity contribution in [2.45, 2.75) is 52.4 Å². The lowest BCUT2D eigenvalue weighted by molar-refractivity contribution is 0.591. The number of para-hydroxylation sites is 2. The van der Waals surface area contributed by atoms with Crippen molar-refractivity contribution in [2.75, 3.05) is 0 Å². The van der Waals surface area contributed by atoms with Crippen molar-refractivity contribution in [3.63, 3.8) is 0 Å². The minimum atomic E-state index is 0.0439. The molecule has 0 fully saturated rings. The molecule has 664 valence electrons. The van der Waals surface area contributed by atoms with E-state index < -0.39 is 0 Å². The molecule has 0 N–H and O–H groups in total. The maximum atomic E-state index is 2.42. The van der Waals surface area contributed by atoms with E-state index in [2.05, 4.69) is 560 Å². The van der Waals surface area contributed by atoms with E-state index >= 15 is 0 Å². The fourth-order valence-corrected chi connectivity index (χ4v) is 21.4. The van der Waals surface area contributed by atoms with Gasteiger partial charge in [-0.3, -0.25) is 0 Å². The van der Waals surface area contributed by atoms with Crippen molar-refractivity contribution < 1.29 is 0 Å². The SMILES string of the molecule is CC(C)(C)c1ccc2c(c1)c1cc(-c3ccc(-c4ccc(-c5c6ccc(-c7ccccc7)cc6c(-c6ccc(-c7ccccc7)cc6)c6ccc(-c7ccccc7)cc56)cc4)cc3)ccc1n2-c1ccccc1.CC(C)(C)c1ccc2c(c1)c1cc(-c3ccc(-c4ccc(-c5c6ccc(-c7ccccc7)cc6c(-c6ccccc6)c6ccc(-c7ccccc7)cc56)cc4)cc3)ccc1n2-c1ccccc1. The third-order valence-electron chi connectivity index (χ3n) is 28.7. The molecule has 140 heavy (non-hydrogen) atoms. The number of hydrogen-bond acceptors (Lipinski definition) is 0. The Morgan fingerprint density at radius 1 is 0.121 bits per heavy atom. The predicted octanol–water partition coefficient (Wildman–Crippen LogP) is 38.4. The third-order valence-corrected chi connectivity index (χ3v) is 28.7. The van der Waals surface area contributed by atoms with Crippen molar-refractivity contribution >= 4 is 86.7 Å². The van der Waals surface area contributed by atoms with Gasteiger partial charge in [0.25, 0.3) is 0 Å². The first-order valence-electron chi connectivity index (χ1n) is 48.9. The summed E-state index contributed by atoms with van der Waals surface area (Å²) in [5.41, 5.74) is 41.5. The van der Waals surface area contributed by atoms with Crippen molar-refractivity contribution in [2.24, 2.45) is 0 Å². The Balaban J connectivity index is 0.000000152. The van der Waals surface area contributed by atoms with Crippen molar-refractivity contribution in [3.8, 4) is 156 Å². The van der Waals surface area contributed by atoms with Gasteiger partial charge in [-0.05, 0) is 307 Å². The molecule has 0 saturated heterocycles. The van der Waals surface area contributed by atoms with Crippen LogP contribution in [0.3, 0.4) is 0 Å². The molecule has 25 rings (SSSR count). The van der Waals surface area contributed by atoms with Gasteiger partial charge in [0, 0.05) is 32.9 Å². The summed E-state index contributed by atoms with van der Waals surface area (Å²) in [6.45, 7) is 13.8. The molecule has 0 amide bonds. The predicted molar refractivity (Wildman–Crippen MR) is 600 cm³/mol. The summed E-state index contributed by atoms with van der Waals surface area (Å²) in [5, 5.41) is 15.0. The standard InChI is InChI=1S/C72H53N.C66H49N/c1-72(2,3)60-39-43-69-65(47-60)64-44-59(38-42-68(64)73(69)61-22-14-7-15-23-61)54-26-24-52(25-27-54)53-30-34-56(35-31-53)71-63-41-37-57(49-18-10-5-11-19-49)45-66(63)70(55-32-28-51(29-33-55)48-16-8-4-9-17-48)62-40-36-58(46-67(62)71)50-20-12-6-13-21-50;1-66(2,3)54-35-39-63-59(43-54)58-40-53(34-38-62(58)67(63)55-22-14-7-15-23-55)48-26-24-46(25-27-48)47-28-30-50(31-29-47)65-57-37-33-51(44-16-8-4-9-17-44)41-60(57)64(49-20-12-6-13-21-49)56-36-32-52(42-61(56)65)45-18-10-5-11-19-45/h4-47H,1-3H3;4-43H,1-3H3. The normalized spacial score (nSPS) is 11.8. The lowest BCUT2D eigenvalue weighted by Crippen LogP contribution is -2.10. The molecule has 2 heteroatoms. The van der Waals surface area contributed by atoms with Crippen molar-refractivity contribution in [1.29, 1.82) is 0 Å². The number of benzene rings is 23. The van der Waals surface area contributed by atoms with Crippen LogP contribution in [0.4, 0.5) is 0 Å². The minimum absolute atomic E-state index is 0.0439. The van der Waals surface area contributed by atoms with Gasteiger partial charge in [-0.25, -0.2) is 0 Å². The largest absolute Gasteiger partial charge is 0.309 e. The second kappa shape index (κ2) is 35.7. The van der Waals surface area contributed by atoms with Crippen LogP contribution in [0.5, 0.6) is 0 Å². The average Bonchev–Trinajstić information content (AvgIpc) is 1.34. The Morgan fingerprint density at radius 3 is 0.514 bits per heavy atom. The molecular weight excluding hydrogens is 1690 g/mol. The molecule has 25 aromatic rings. The molecule has 23 aromatic carbocycles. The molecule has 2 heterocycles. The molecule has 0 bridgehead atoms. The zero-order valence-corrected chi connectivity index (χ0v) is 79.4. The van der Waals surface area contributed by atoms with Gasteiger partial charge in [0.15, 0.2) is 0 Å². The molecule has 0 radical (unpaired) electrons. The van der Waals surface area contributed by atoms with Crippen LogP contribution in [0.1, 0.15) is 52.7 Å². The lowest BCUT2D eigenvalue weighted by Gasteiger charge is -2.20. The Bertz CT molecular complexity index is 8960. The molecule has 0 saturated carbocycles. The zero-order chi connectivity index (χ0) is 94.1. The fourth-order valence-electron chi connectivity index (χ4n) is 21.4. The monoisotopic (exact) mass is 1790 g/mol. The Morgan fingerprint density at radius 2 is 0.279 bits per heavy atom. The van der Waals surface area contributed by atoms with Crippen LogP contribution in [0.25, 0.3) is 243 Å². The van der Waals surface area contributed by atoms with Gasteiger partial charge in [-0.1, -0.05) is 454 Å². The molecule has 2 aromatic heterocycles. The maximum Gasteiger partial charge on any atom is 0.0541 e. The highest BCUT2D eigenvalue weighted by Gasteiger charge is 2.26. The van der Waals surface area contributed by atoms with Gasteiger partial charge in [-0.15, -0.1) is 0 Å². The highest BCUT2D eigenvalue weighted by molar-refractivity contribution is 6.25. The zero-order valence-electron chi connectivity index (χ0n) is 79.4. The van der Waals surface area contributed by atoms with Gasteiger partial charge < -0.3 is 9.13 Å². The van der Waals surface area contributed by atoms with Crippen LogP contribution in [0.2, 0.25) is 0 Å². The van der Waals surface area contributed by atoms with Crippen LogP contribution in [0.15, 0.2) is 510 Å². The van der Waals surface area contributed by atoms with Crippen LogP contribution in [0, 0.1) is 0 Å². The maximum absolute atomic E-state index is 2.42. The Hall–Kier alpha value is -17.3. The summed E-state index contributed by atoms with van der Waals surface area (Å²) in [6, 6.07) is 188. The van der Waals surface area contributed by atoms with E-state index in [1.165, 1.54) is 254 Å². The minimum Gasteiger partial charge on any atom is -0.309 e. The van der Waals surface area contributed by atoms with Gasteiger partial charge in [-0.2, -0.15) is 0 Å². The molecule has 0 aliphatic rings. The molecule has 0 aliphatic heterocycles. The number of aromatic nitrogens is 2. The second-order valence-electron chi connectivity index (χ2n) is 39.4. The topological polar surface area (TPSA) is 9.86 Å². The van der Waals surface area contributed by atoms with Crippen LogP contribution < -0.4 is 0 Å². The molecule has 0 atom stereocenters. The highest BCUT2D eigenvalue weighted by atomic mass is 15.0. The first-order valence-corrected chi connectivity index (χ1v) is 48.9. The summed E-state index contributed by atoms with van der Waals surface area (Å²) in [6.07, 6.45) is 0. The quantitative estimate of drug-likeness (QED) is 0.0906. The molecular formula is C138H102N2. The molecule has 0 aliphatic carbocycles. The van der Waals surface area contributed by atoms with Gasteiger partial charge >= 0.3 is 0 Å². The lowest BCUT2D eigenvalue weighted by atomic mass is 9.83. The van der Waals surface area contributed by atoms with E-state index in [1.807, 2.05) is 0 Å². The first-order chi connectivity index (χ1) is 68.7. The number of rotatable bonds is 15. The van der Waals surface area contributed by atoms with E-state index in [1.54, 1.807) is 0 Å². The van der Waals surface area contributed by atoms with Crippen molar-refractivity contribution in [1.82, 2.24) is 9.13 Å². The van der Waals surface area contributed by atoms with E-state index in [4.69, 9.17) is 0 Å². The summed E-state index contributed by atoms with van der Waals surface area (Å²) >= 11 is 0. The Labute approximate surface area is 819 Å². The second-order valence-corrected chi connectivity index (χ2v) is 39.4. The van der Waals surface area contributed by atoms with Gasteiger partial charge in [0.2, 0.25) is 0 Å². The number of hydrogen-bond donors (Lipinski definition) is 0. The van der Waals surface area contributed by atoms with Gasteiger partial charge in [0.1, 0.15) is 0 Å². The summed E-state index contributed by atoms with van der Waals surface area (Å²) in [5.74, 6) is 0. The molecule has 0 spiro atoms. The van der Waals surface area contributed by atoms with Crippen LogP contribution in [-0.4, -0.2) is 9.13 Å².